The molecule has 8 aromatic rings. The summed E-state index contributed by atoms with van der Waals surface area (Å²) in [6, 6.07) is 58.7. The SMILES string of the molecule is CCc1ccc(N2c3cc(-n4c5ccccc5c5ccccc54)ccc3B3c4cccc5c4N(c4ccccc4C54C5CC6CC(C5)CC4C6)c4cccc2c43)cc1. The number of hydrogen-bond acceptors (Lipinski definition) is 2. The molecule has 0 saturated heterocycles. The van der Waals surface area contributed by atoms with Crippen molar-refractivity contribution in [3.63, 3.8) is 0 Å². The molecule has 0 N–H and O–H groups in total. The Labute approximate surface area is 340 Å². The molecule has 0 atom stereocenters. The molecule has 7 aliphatic rings. The number of nitrogens with zero attached hydrogens (tertiary/aromatic N) is 3. The van der Waals surface area contributed by atoms with Crippen LogP contribution in [0.3, 0.4) is 0 Å². The number of aryl methyl sites for hydroxylation is 1. The van der Waals surface area contributed by atoms with Crippen molar-refractivity contribution < 1.29 is 0 Å². The minimum Gasteiger partial charge on any atom is -0.311 e. The van der Waals surface area contributed by atoms with E-state index >= 15 is 0 Å². The lowest BCUT2D eigenvalue weighted by molar-refractivity contribution is -0.0419. The van der Waals surface area contributed by atoms with Gasteiger partial charge >= 0.3 is 0 Å². The molecule has 1 spiro atoms. The summed E-state index contributed by atoms with van der Waals surface area (Å²) in [4.78, 5) is 5.28. The number of rotatable bonds is 3. The maximum Gasteiger partial charge on any atom is 0.252 e. The summed E-state index contributed by atoms with van der Waals surface area (Å²) in [5.41, 5.74) is 20.5. The Balaban J connectivity index is 1.06. The van der Waals surface area contributed by atoms with Gasteiger partial charge in [-0.3, -0.25) is 0 Å². The molecule has 4 saturated carbocycles. The molecule has 15 rings (SSSR count). The number of hydrogen-bond donors (Lipinski definition) is 0. The van der Waals surface area contributed by atoms with Crippen molar-refractivity contribution in [1.82, 2.24) is 4.57 Å². The van der Waals surface area contributed by atoms with Crippen LogP contribution in [0.5, 0.6) is 0 Å². The molecule has 4 heterocycles. The smallest absolute Gasteiger partial charge is 0.252 e. The average molecular weight is 746 g/mol. The Morgan fingerprint density at radius 2 is 1.12 bits per heavy atom. The van der Waals surface area contributed by atoms with E-state index in [1.807, 2.05) is 0 Å². The highest BCUT2D eigenvalue weighted by Gasteiger charge is 2.62. The molecule has 4 bridgehead atoms. The molecule has 7 aromatic carbocycles. The third-order valence-electron chi connectivity index (χ3n) is 15.9. The molecule has 1 aromatic heterocycles. The van der Waals surface area contributed by atoms with Crippen LogP contribution in [0, 0.1) is 23.7 Å². The van der Waals surface area contributed by atoms with E-state index in [1.54, 1.807) is 11.1 Å². The van der Waals surface area contributed by atoms with Crippen LogP contribution in [-0.4, -0.2) is 11.3 Å². The van der Waals surface area contributed by atoms with Gasteiger partial charge in [0.1, 0.15) is 0 Å². The summed E-state index contributed by atoms with van der Waals surface area (Å²) in [7, 11) is 0. The van der Waals surface area contributed by atoms with Gasteiger partial charge in [-0.1, -0.05) is 104 Å². The maximum absolute atomic E-state index is 2.71. The molecular formula is C54H44BN3. The lowest BCUT2D eigenvalue weighted by Crippen LogP contribution is -2.64. The van der Waals surface area contributed by atoms with Crippen LogP contribution in [0.25, 0.3) is 27.5 Å². The number of anilines is 6. The average Bonchev–Trinajstić information content (AvgIpc) is 3.61. The van der Waals surface area contributed by atoms with Crippen LogP contribution in [0.15, 0.2) is 152 Å². The van der Waals surface area contributed by atoms with E-state index in [9.17, 15) is 0 Å². The second kappa shape index (κ2) is 11.3. The van der Waals surface area contributed by atoms with E-state index in [1.165, 1.54) is 116 Å². The van der Waals surface area contributed by atoms with Crippen LogP contribution in [0.4, 0.5) is 34.1 Å². The third kappa shape index (κ3) is 3.88. The summed E-state index contributed by atoms with van der Waals surface area (Å²) < 4.78 is 2.48. The van der Waals surface area contributed by atoms with Gasteiger partial charge in [0.25, 0.3) is 6.71 Å². The van der Waals surface area contributed by atoms with Crippen LogP contribution >= 0.6 is 0 Å². The van der Waals surface area contributed by atoms with Crippen molar-refractivity contribution in [3.05, 3.63) is 168 Å². The second-order valence-corrected chi connectivity index (χ2v) is 18.4. The van der Waals surface area contributed by atoms with Gasteiger partial charge in [-0.2, -0.15) is 0 Å². The van der Waals surface area contributed by atoms with Gasteiger partial charge in [0.15, 0.2) is 0 Å². The van der Waals surface area contributed by atoms with Gasteiger partial charge in [0.05, 0.1) is 16.7 Å². The van der Waals surface area contributed by atoms with Crippen molar-refractivity contribution in [3.8, 4) is 5.69 Å². The van der Waals surface area contributed by atoms with E-state index < -0.39 is 0 Å². The summed E-state index contributed by atoms with van der Waals surface area (Å²) in [5, 5.41) is 2.58. The van der Waals surface area contributed by atoms with Gasteiger partial charge in [-0.15, -0.1) is 0 Å². The third-order valence-corrected chi connectivity index (χ3v) is 15.9. The molecule has 3 nitrogen and oxygen atoms in total. The monoisotopic (exact) mass is 745 g/mol. The van der Waals surface area contributed by atoms with E-state index in [0.29, 0.717) is 11.8 Å². The Bertz CT molecular complexity index is 2970. The molecule has 0 unspecified atom stereocenters. The first-order valence-corrected chi connectivity index (χ1v) is 21.9. The Morgan fingerprint density at radius 3 is 1.84 bits per heavy atom. The maximum atomic E-state index is 2.71. The number of benzene rings is 7. The van der Waals surface area contributed by atoms with Crippen molar-refractivity contribution in [2.75, 3.05) is 9.80 Å². The van der Waals surface area contributed by atoms with Gasteiger partial charge in [0, 0.05) is 50.3 Å². The Morgan fingerprint density at radius 1 is 0.517 bits per heavy atom. The molecule has 4 fully saturated rings. The molecule has 278 valence electrons. The highest BCUT2D eigenvalue weighted by atomic mass is 15.2. The van der Waals surface area contributed by atoms with Crippen LogP contribution in [-0.2, 0) is 11.8 Å². The topological polar surface area (TPSA) is 11.4 Å². The number of para-hydroxylation sites is 4. The predicted molar refractivity (Wildman–Crippen MR) is 242 cm³/mol. The standard InChI is InChI=1S/C54H44BN3/c1-2-33-21-23-38(24-22-33)56-49-19-10-20-50-52(49)55(44-26-25-39(32-51(44)56)57-46-16-6-3-11-40(46)41-12-4-7-17-47(41)57)45-15-9-14-43-53(45)58(50)48-18-8-5-13-42(48)54(43)36-28-34-27-35(30-36)31-37(54)29-34/h3-26,32,34-37H,2,27-31H2,1H3. The molecule has 0 radical (unpaired) electrons. The molecular weight excluding hydrogens is 701 g/mol. The Kier molecular flexibility index (Phi) is 6.27. The second-order valence-electron chi connectivity index (χ2n) is 18.4. The summed E-state index contributed by atoms with van der Waals surface area (Å²) in [5.74, 6) is 3.24. The minimum absolute atomic E-state index is 0.0753. The van der Waals surface area contributed by atoms with Crippen LogP contribution in [0.2, 0.25) is 0 Å². The van der Waals surface area contributed by atoms with E-state index in [0.717, 1.165) is 18.3 Å². The minimum atomic E-state index is 0.0753. The molecule has 0 amide bonds. The summed E-state index contributed by atoms with van der Waals surface area (Å²) >= 11 is 0. The lowest BCUT2D eigenvalue weighted by atomic mass is 9.32. The zero-order valence-corrected chi connectivity index (χ0v) is 32.9. The van der Waals surface area contributed by atoms with Crippen molar-refractivity contribution in [1.29, 1.82) is 0 Å². The highest BCUT2D eigenvalue weighted by Crippen LogP contribution is 2.69. The molecule has 58 heavy (non-hydrogen) atoms. The first-order valence-electron chi connectivity index (χ1n) is 21.9. The van der Waals surface area contributed by atoms with E-state index in [2.05, 4.69) is 173 Å². The number of aromatic nitrogens is 1. The van der Waals surface area contributed by atoms with Gasteiger partial charge in [-0.25, -0.2) is 0 Å². The van der Waals surface area contributed by atoms with Crippen molar-refractivity contribution in [2.24, 2.45) is 23.7 Å². The summed E-state index contributed by atoms with van der Waals surface area (Å²) in [6.45, 7) is 2.36. The molecule has 4 heteroatoms. The Hall–Kier alpha value is -6.00. The fraction of sp³-hybridized carbons (Fsp3) is 0.222. The van der Waals surface area contributed by atoms with Crippen molar-refractivity contribution >= 4 is 79.0 Å². The van der Waals surface area contributed by atoms with E-state index in [-0.39, 0.29) is 12.1 Å². The van der Waals surface area contributed by atoms with Crippen LogP contribution < -0.4 is 26.2 Å². The zero-order chi connectivity index (χ0) is 37.9. The molecule has 3 aliphatic heterocycles. The van der Waals surface area contributed by atoms with E-state index in [4.69, 9.17) is 0 Å². The summed E-state index contributed by atoms with van der Waals surface area (Å²) in [6.07, 6.45) is 8.03. The zero-order valence-electron chi connectivity index (χ0n) is 32.9. The van der Waals surface area contributed by atoms with Gasteiger partial charge in [-0.05, 0) is 150 Å². The molecule has 4 aliphatic carbocycles. The van der Waals surface area contributed by atoms with Gasteiger partial charge in [0.2, 0.25) is 0 Å². The quantitative estimate of drug-likeness (QED) is 0.167. The van der Waals surface area contributed by atoms with Crippen molar-refractivity contribution in [2.45, 2.75) is 50.9 Å². The fourth-order valence-electron chi connectivity index (χ4n) is 14.0. The normalized spacial score (nSPS) is 24.0. The lowest BCUT2D eigenvalue weighted by Gasteiger charge is -2.64. The fourth-order valence-corrected chi connectivity index (χ4v) is 14.0. The van der Waals surface area contributed by atoms with Gasteiger partial charge < -0.3 is 14.4 Å². The highest BCUT2D eigenvalue weighted by molar-refractivity contribution is 7.00. The first-order chi connectivity index (χ1) is 28.7. The van der Waals surface area contributed by atoms with Crippen LogP contribution in [0.1, 0.15) is 55.7 Å². The number of fused-ring (bicyclic) bond motifs is 9. The largest absolute Gasteiger partial charge is 0.311 e. The first kappa shape index (κ1) is 32.0. The predicted octanol–water partition coefficient (Wildman–Crippen LogP) is 11.5.